The van der Waals surface area contributed by atoms with Crippen LogP contribution in [-0.2, 0) is 16.0 Å². The fourth-order valence-electron chi connectivity index (χ4n) is 2.51. The predicted octanol–water partition coefficient (Wildman–Crippen LogP) is 1.88. The summed E-state index contributed by atoms with van der Waals surface area (Å²) >= 11 is 0. The van der Waals surface area contributed by atoms with Crippen molar-refractivity contribution in [2.24, 2.45) is 0 Å². The number of carbonyl (C=O) groups excluding carboxylic acids is 1. The summed E-state index contributed by atoms with van der Waals surface area (Å²) in [5.74, 6) is -1.77. The van der Waals surface area contributed by atoms with Gasteiger partial charge in [0, 0.05) is 0 Å². The van der Waals surface area contributed by atoms with Crippen molar-refractivity contribution in [3.63, 3.8) is 0 Å². The molecule has 5 heteroatoms. The van der Waals surface area contributed by atoms with Gasteiger partial charge in [-0.05, 0) is 30.5 Å². The highest BCUT2D eigenvalue weighted by molar-refractivity contribution is 5.88. The number of carbonyl (C=O) groups is 2. The van der Waals surface area contributed by atoms with Crippen LogP contribution in [-0.4, -0.2) is 22.5 Å². The molecule has 0 bridgehead atoms. The molecule has 1 amide bonds. The highest BCUT2D eigenvalue weighted by Crippen LogP contribution is 2.30. The first kappa shape index (κ1) is 13.5. The number of rotatable bonds is 4. The van der Waals surface area contributed by atoms with Crippen molar-refractivity contribution in [1.82, 2.24) is 5.32 Å². The summed E-state index contributed by atoms with van der Waals surface area (Å²) in [5.41, 5.74) is -0.597. The van der Waals surface area contributed by atoms with E-state index in [4.69, 9.17) is 0 Å². The quantitative estimate of drug-likeness (QED) is 0.873. The number of hydrogen-bond donors (Lipinski definition) is 2. The second-order valence-corrected chi connectivity index (χ2v) is 4.95. The Bertz CT molecular complexity index is 495. The maximum atomic E-state index is 13.0. The lowest BCUT2D eigenvalue weighted by Gasteiger charge is -2.25. The first-order valence-corrected chi connectivity index (χ1v) is 6.31. The molecule has 1 saturated carbocycles. The minimum Gasteiger partial charge on any atom is -0.480 e. The second kappa shape index (κ2) is 5.38. The van der Waals surface area contributed by atoms with Gasteiger partial charge in [0.2, 0.25) is 5.91 Å². The van der Waals surface area contributed by atoms with Gasteiger partial charge in [0.25, 0.3) is 0 Å². The molecule has 1 aromatic carbocycles. The van der Waals surface area contributed by atoms with E-state index in [1.165, 1.54) is 18.2 Å². The van der Waals surface area contributed by atoms with Crippen molar-refractivity contribution >= 4 is 11.9 Å². The minimum absolute atomic E-state index is 0.00715. The summed E-state index contributed by atoms with van der Waals surface area (Å²) < 4.78 is 13.0. The Morgan fingerprint density at radius 2 is 2.00 bits per heavy atom. The summed E-state index contributed by atoms with van der Waals surface area (Å²) in [6.45, 7) is 0. The van der Waals surface area contributed by atoms with Crippen molar-refractivity contribution in [3.8, 4) is 0 Å². The number of amides is 1. The molecular formula is C14H16FNO3. The van der Waals surface area contributed by atoms with Crippen molar-refractivity contribution < 1.29 is 19.1 Å². The van der Waals surface area contributed by atoms with Crippen molar-refractivity contribution in [2.45, 2.75) is 37.6 Å². The zero-order chi connectivity index (χ0) is 13.9. The van der Waals surface area contributed by atoms with Crippen LogP contribution < -0.4 is 5.32 Å². The van der Waals surface area contributed by atoms with Crippen molar-refractivity contribution in [3.05, 3.63) is 35.6 Å². The standard InChI is InChI=1S/C14H16FNO3/c15-11-5-3-4-10(8-11)9-12(17)16-14(13(18)19)6-1-2-7-14/h3-5,8H,1-2,6-7,9H2,(H,16,17)(H,18,19). The minimum atomic E-state index is -1.13. The molecule has 1 fully saturated rings. The lowest BCUT2D eigenvalue weighted by atomic mass is 9.97. The average molecular weight is 265 g/mol. The highest BCUT2D eigenvalue weighted by Gasteiger charge is 2.42. The molecule has 0 aliphatic heterocycles. The molecule has 0 aromatic heterocycles. The Kier molecular flexibility index (Phi) is 3.83. The van der Waals surface area contributed by atoms with Crippen LogP contribution in [0.1, 0.15) is 31.2 Å². The lowest BCUT2D eigenvalue weighted by Crippen LogP contribution is -2.52. The van der Waals surface area contributed by atoms with Gasteiger partial charge < -0.3 is 10.4 Å². The van der Waals surface area contributed by atoms with Gasteiger partial charge in [0.1, 0.15) is 11.4 Å². The molecule has 1 aliphatic carbocycles. The number of nitrogens with one attached hydrogen (secondary N) is 1. The van der Waals surface area contributed by atoms with Crippen LogP contribution in [0.25, 0.3) is 0 Å². The molecule has 0 atom stereocenters. The molecule has 2 N–H and O–H groups in total. The van der Waals surface area contributed by atoms with Crippen molar-refractivity contribution in [2.75, 3.05) is 0 Å². The Hall–Kier alpha value is -1.91. The van der Waals surface area contributed by atoms with E-state index >= 15 is 0 Å². The van der Waals surface area contributed by atoms with E-state index in [0.717, 1.165) is 12.8 Å². The van der Waals surface area contributed by atoms with Crippen LogP contribution in [0.5, 0.6) is 0 Å². The fraction of sp³-hybridized carbons (Fsp3) is 0.429. The highest BCUT2D eigenvalue weighted by atomic mass is 19.1. The van der Waals surface area contributed by atoms with Crippen LogP contribution in [0, 0.1) is 5.82 Å². The molecule has 0 saturated heterocycles. The number of aliphatic carboxylic acids is 1. The van der Waals surface area contributed by atoms with Gasteiger partial charge in [-0.1, -0.05) is 25.0 Å². The zero-order valence-corrected chi connectivity index (χ0v) is 10.5. The van der Waals surface area contributed by atoms with E-state index in [1.807, 2.05) is 0 Å². The number of carboxylic acid groups (broad SMARTS) is 1. The molecule has 1 aliphatic rings. The summed E-state index contributed by atoms with van der Waals surface area (Å²) in [5, 5.41) is 11.8. The molecule has 0 unspecified atom stereocenters. The lowest BCUT2D eigenvalue weighted by molar-refractivity contribution is -0.147. The summed E-state index contributed by atoms with van der Waals surface area (Å²) in [6, 6.07) is 5.75. The van der Waals surface area contributed by atoms with Gasteiger partial charge in [0.05, 0.1) is 6.42 Å². The average Bonchev–Trinajstić information content (AvgIpc) is 2.78. The summed E-state index contributed by atoms with van der Waals surface area (Å²) in [6.07, 6.45) is 2.50. The zero-order valence-electron chi connectivity index (χ0n) is 10.5. The number of hydrogen-bond acceptors (Lipinski definition) is 2. The van der Waals surface area contributed by atoms with Crippen LogP contribution in [0.3, 0.4) is 0 Å². The molecular weight excluding hydrogens is 249 g/mol. The van der Waals surface area contributed by atoms with E-state index in [2.05, 4.69) is 5.32 Å². The van der Waals surface area contributed by atoms with E-state index in [9.17, 15) is 19.1 Å². The SMILES string of the molecule is O=C(Cc1cccc(F)c1)NC1(C(=O)O)CCCC1. The van der Waals surface area contributed by atoms with Crippen LogP contribution in [0.2, 0.25) is 0 Å². The molecule has 19 heavy (non-hydrogen) atoms. The molecule has 1 aromatic rings. The Balaban J connectivity index is 2.02. The van der Waals surface area contributed by atoms with E-state index in [-0.39, 0.29) is 12.3 Å². The monoisotopic (exact) mass is 265 g/mol. The molecule has 2 rings (SSSR count). The predicted molar refractivity (Wildman–Crippen MR) is 67.1 cm³/mol. The Morgan fingerprint density at radius 3 is 2.58 bits per heavy atom. The third-order valence-corrected chi connectivity index (χ3v) is 3.50. The fourth-order valence-corrected chi connectivity index (χ4v) is 2.51. The van der Waals surface area contributed by atoms with Gasteiger partial charge in [0.15, 0.2) is 0 Å². The maximum absolute atomic E-state index is 13.0. The first-order chi connectivity index (χ1) is 9.02. The van der Waals surface area contributed by atoms with Crippen molar-refractivity contribution in [1.29, 1.82) is 0 Å². The molecule has 102 valence electrons. The van der Waals surface area contributed by atoms with Crippen LogP contribution in [0.15, 0.2) is 24.3 Å². The largest absolute Gasteiger partial charge is 0.480 e. The van der Waals surface area contributed by atoms with Gasteiger partial charge in [-0.3, -0.25) is 4.79 Å². The number of carboxylic acids is 1. The van der Waals surface area contributed by atoms with Gasteiger partial charge in [-0.15, -0.1) is 0 Å². The summed E-state index contributed by atoms with van der Waals surface area (Å²) in [7, 11) is 0. The van der Waals surface area contributed by atoms with Gasteiger partial charge in [-0.2, -0.15) is 0 Å². The van der Waals surface area contributed by atoms with E-state index < -0.39 is 17.3 Å². The van der Waals surface area contributed by atoms with E-state index in [1.54, 1.807) is 6.07 Å². The Morgan fingerprint density at radius 1 is 1.32 bits per heavy atom. The third kappa shape index (κ3) is 3.10. The normalized spacial score (nSPS) is 17.1. The number of halogens is 1. The molecule has 4 nitrogen and oxygen atoms in total. The van der Waals surface area contributed by atoms with Crippen LogP contribution in [0.4, 0.5) is 4.39 Å². The van der Waals surface area contributed by atoms with E-state index in [0.29, 0.717) is 18.4 Å². The summed E-state index contributed by atoms with van der Waals surface area (Å²) in [4.78, 5) is 23.2. The van der Waals surface area contributed by atoms with Crippen LogP contribution >= 0.6 is 0 Å². The smallest absolute Gasteiger partial charge is 0.329 e. The topological polar surface area (TPSA) is 66.4 Å². The molecule has 0 spiro atoms. The van der Waals surface area contributed by atoms with Gasteiger partial charge >= 0.3 is 5.97 Å². The van der Waals surface area contributed by atoms with Gasteiger partial charge in [-0.25, -0.2) is 9.18 Å². The maximum Gasteiger partial charge on any atom is 0.329 e. The molecule has 0 radical (unpaired) electrons. The second-order valence-electron chi connectivity index (χ2n) is 4.95. The third-order valence-electron chi connectivity index (χ3n) is 3.50. The first-order valence-electron chi connectivity index (χ1n) is 6.31. The number of benzene rings is 1. The molecule has 0 heterocycles. The Labute approximate surface area is 110 Å².